The van der Waals surface area contributed by atoms with Crippen LogP contribution in [0.25, 0.3) is 5.52 Å². The third kappa shape index (κ3) is 6.12. The number of benzene rings is 2. The molecule has 4 aromatic rings. The number of aryl methyl sites for hydroxylation is 1. The van der Waals surface area contributed by atoms with Crippen LogP contribution in [0.5, 0.6) is 0 Å². The molecule has 0 fully saturated rings. The Hall–Kier alpha value is -3.55. The van der Waals surface area contributed by atoms with Crippen molar-refractivity contribution in [2.45, 2.75) is 38.5 Å². The van der Waals surface area contributed by atoms with E-state index in [1.54, 1.807) is 17.2 Å². The Kier molecular flexibility index (Phi) is 7.58. The Morgan fingerprint density at radius 2 is 1.74 bits per heavy atom. The Morgan fingerprint density at radius 3 is 2.46 bits per heavy atom. The van der Waals surface area contributed by atoms with Crippen molar-refractivity contribution in [3.63, 3.8) is 0 Å². The lowest BCUT2D eigenvalue weighted by molar-refractivity contribution is 0.0554. The van der Waals surface area contributed by atoms with Gasteiger partial charge in [-0.2, -0.15) is 0 Å². The summed E-state index contributed by atoms with van der Waals surface area (Å²) in [5.74, 6) is -1.64. The van der Waals surface area contributed by atoms with Crippen LogP contribution in [0.1, 0.15) is 34.0 Å². The van der Waals surface area contributed by atoms with Crippen LogP contribution in [0.4, 0.5) is 8.78 Å². The van der Waals surface area contributed by atoms with E-state index in [0.29, 0.717) is 11.1 Å². The molecule has 0 aliphatic rings. The number of aliphatic hydroxyl groups excluding tert-OH is 1. The molecule has 1 amide bonds. The van der Waals surface area contributed by atoms with Crippen molar-refractivity contribution in [2.24, 2.45) is 5.73 Å². The lowest BCUT2D eigenvalue weighted by Crippen LogP contribution is -2.46. The number of aromatic nitrogens is 1. The molecule has 0 bridgehead atoms. The molecule has 35 heavy (non-hydrogen) atoms. The fraction of sp³-hybridized carbons (Fsp3) is 0.250. The summed E-state index contributed by atoms with van der Waals surface area (Å²) in [5.41, 5.74) is 10.0. The first kappa shape index (κ1) is 24.6. The van der Waals surface area contributed by atoms with Gasteiger partial charge in [0, 0.05) is 43.1 Å². The SMILES string of the molecule is CCc1cccc(CN(C[C@@H](O)[C@@H](N)Cc2cc(F)cc(F)c2)C(=O)c2cc3ccccn3c2)c1. The van der Waals surface area contributed by atoms with Gasteiger partial charge in [0.1, 0.15) is 11.6 Å². The molecule has 3 N–H and O–H groups in total. The molecule has 2 atom stereocenters. The van der Waals surface area contributed by atoms with Crippen molar-refractivity contribution < 1.29 is 18.7 Å². The summed E-state index contributed by atoms with van der Waals surface area (Å²) in [6, 6.07) is 17.8. The van der Waals surface area contributed by atoms with Crippen molar-refractivity contribution in [3.8, 4) is 0 Å². The number of hydrogen-bond donors (Lipinski definition) is 2. The van der Waals surface area contributed by atoms with Gasteiger partial charge in [0.15, 0.2) is 0 Å². The molecule has 0 aliphatic heterocycles. The Labute approximate surface area is 203 Å². The van der Waals surface area contributed by atoms with E-state index in [1.807, 2.05) is 53.1 Å². The maximum absolute atomic E-state index is 13.6. The smallest absolute Gasteiger partial charge is 0.255 e. The zero-order valence-corrected chi connectivity index (χ0v) is 19.6. The predicted octanol–water partition coefficient (Wildman–Crippen LogP) is 4.35. The van der Waals surface area contributed by atoms with Crippen LogP contribution in [0.3, 0.4) is 0 Å². The summed E-state index contributed by atoms with van der Waals surface area (Å²) >= 11 is 0. The second kappa shape index (κ2) is 10.8. The minimum Gasteiger partial charge on any atom is -0.390 e. The molecule has 2 heterocycles. The molecule has 2 aromatic heterocycles. The Morgan fingerprint density at radius 1 is 1.00 bits per heavy atom. The summed E-state index contributed by atoms with van der Waals surface area (Å²) in [4.78, 5) is 15.1. The van der Waals surface area contributed by atoms with E-state index in [1.165, 1.54) is 12.1 Å². The second-order valence-electron chi connectivity index (χ2n) is 8.83. The van der Waals surface area contributed by atoms with Crippen molar-refractivity contribution in [3.05, 3.63) is 113 Å². The molecule has 7 heteroatoms. The molecule has 0 saturated carbocycles. The van der Waals surface area contributed by atoms with Gasteiger partial charge in [-0.25, -0.2) is 8.78 Å². The summed E-state index contributed by atoms with van der Waals surface area (Å²) in [6.45, 7) is 2.32. The molecule has 2 aromatic carbocycles. The molecule has 0 unspecified atom stereocenters. The number of carbonyl (C=O) groups excluding carboxylic acids is 1. The van der Waals surface area contributed by atoms with Gasteiger partial charge in [-0.1, -0.05) is 37.3 Å². The maximum atomic E-state index is 13.6. The van der Waals surface area contributed by atoms with Crippen LogP contribution in [0, 0.1) is 11.6 Å². The van der Waals surface area contributed by atoms with Crippen molar-refractivity contribution in [2.75, 3.05) is 6.54 Å². The molecule has 0 aliphatic carbocycles. The molecule has 0 radical (unpaired) electrons. The van der Waals surface area contributed by atoms with Crippen LogP contribution in [-0.2, 0) is 19.4 Å². The number of hydrogen-bond acceptors (Lipinski definition) is 3. The highest BCUT2D eigenvalue weighted by Gasteiger charge is 2.24. The first-order chi connectivity index (χ1) is 16.8. The van der Waals surface area contributed by atoms with Gasteiger partial charge in [0.25, 0.3) is 5.91 Å². The van der Waals surface area contributed by atoms with Crippen molar-refractivity contribution in [1.29, 1.82) is 0 Å². The number of aliphatic hydroxyl groups is 1. The first-order valence-electron chi connectivity index (χ1n) is 11.6. The van der Waals surface area contributed by atoms with E-state index >= 15 is 0 Å². The zero-order valence-electron chi connectivity index (χ0n) is 19.6. The number of fused-ring (bicyclic) bond motifs is 1. The highest BCUT2D eigenvalue weighted by Crippen LogP contribution is 2.17. The molecular formula is C28H29F2N3O2. The van der Waals surface area contributed by atoms with Crippen LogP contribution in [0.15, 0.2) is 79.1 Å². The highest BCUT2D eigenvalue weighted by atomic mass is 19.1. The third-order valence-electron chi connectivity index (χ3n) is 6.11. The van der Waals surface area contributed by atoms with Gasteiger partial charge in [0.2, 0.25) is 0 Å². The number of halogens is 2. The average molecular weight is 478 g/mol. The van der Waals surface area contributed by atoms with Crippen molar-refractivity contribution >= 4 is 11.4 Å². The number of amides is 1. The number of pyridine rings is 1. The largest absolute Gasteiger partial charge is 0.390 e. The van der Waals surface area contributed by atoms with E-state index < -0.39 is 23.8 Å². The standard InChI is InChI=1S/C28H29F2N3O2/c1-2-19-6-5-7-20(10-19)16-33(28(35)22-14-25-8-3-4-9-32(25)17-22)18-27(34)26(31)13-21-11-23(29)15-24(30)12-21/h3-12,14-15,17,26-27,34H,2,13,16,18,31H2,1H3/t26-,27+/m0/s1. The molecule has 4 rings (SSSR count). The normalized spacial score (nSPS) is 13.1. The van der Waals surface area contributed by atoms with Gasteiger partial charge < -0.3 is 20.1 Å². The maximum Gasteiger partial charge on any atom is 0.255 e. The third-order valence-corrected chi connectivity index (χ3v) is 6.11. The minimum atomic E-state index is -1.10. The number of nitrogens with two attached hydrogens (primary N) is 1. The minimum absolute atomic E-state index is 0.0274. The first-order valence-corrected chi connectivity index (χ1v) is 11.6. The van der Waals surface area contributed by atoms with Gasteiger partial charge in [0.05, 0.1) is 11.7 Å². The van der Waals surface area contributed by atoms with Gasteiger partial charge in [-0.05, 0) is 59.9 Å². The van der Waals surface area contributed by atoms with Crippen LogP contribution < -0.4 is 5.73 Å². The van der Waals surface area contributed by atoms with E-state index in [0.717, 1.165) is 29.1 Å². The van der Waals surface area contributed by atoms with Gasteiger partial charge in [-0.15, -0.1) is 0 Å². The second-order valence-corrected chi connectivity index (χ2v) is 8.83. The number of rotatable bonds is 9. The summed E-state index contributed by atoms with van der Waals surface area (Å²) in [7, 11) is 0. The van der Waals surface area contributed by atoms with Gasteiger partial charge in [-0.3, -0.25) is 4.79 Å². The fourth-order valence-electron chi connectivity index (χ4n) is 4.24. The number of carbonyl (C=O) groups is 1. The predicted molar refractivity (Wildman–Crippen MR) is 132 cm³/mol. The summed E-state index contributed by atoms with van der Waals surface area (Å²) in [5, 5.41) is 10.9. The molecule has 182 valence electrons. The fourth-order valence-corrected chi connectivity index (χ4v) is 4.24. The van der Waals surface area contributed by atoms with E-state index in [9.17, 15) is 18.7 Å². The van der Waals surface area contributed by atoms with E-state index in [-0.39, 0.29) is 25.4 Å². The lowest BCUT2D eigenvalue weighted by atomic mass is 10.0. The van der Waals surface area contributed by atoms with Gasteiger partial charge >= 0.3 is 0 Å². The lowest BCUT2D eigenvalue weighted by Gasteiger charge is -2.28. The Balaban J connectivity index is 1.56. The quantitative estimate of drug-likeness (QED) is 0.377. The van der Waals surface area contributed by atoms with E-state index in [2.05, 4.69) is 6.92 Å². The average Bonchev–Trinajstić information content (AvgIpc) is 3.27. The number of nitrogens with zero attached hydrogens (tertiary/aromatic N) is 2. The molecule has 0 spiro atoms. The van der Waals surface area contributed by atoms with Crippen LogP contribution in [-0.4, -0.2) is 39.0 Å². The van der Waals surface area contributed by atoms with Crippen LogP contribution >= 0.6 is 0 Å². The molecule has 5 nitrogen and oxygen atoms in total. The van der Waals surface area contributed by atoms with Crippen LogP contribution in [0.2, 0.25) is 0 Å². The summed E-state index contributed by atoms with van der Waals surface area (Å²) < 4.78 is 29.0. The zero-order chi connectivity index (χ0) is 24.9. The van der Waals surface area contributed by atoms with E-state index in [4.69, 9.17) is 5.73 Å². The van der Waals surface area contributed by atoms with Crippen molar-refractivity contribution in [1.82, 2.24) is 9.30 Å². The Bertz CT molecular complexity index is 1270. The monoisotopic (exact) mass is 477 g/mol. The highest BCUT2D eigenvalue weighted by molar-refractivity contribution is 5.95. The topological polar surface area (TPSA) is 71.0 Å². The molecule has 0 saturated heterocycles. The summed E-state index contributed by atoms with van der Waals surface area (Å²) in [6.07, 6.45) is 3.46. The molecular weight excluding hydrogens is 448 g/mol.